The van der Waals surface area contributed by atoms with Crippen LogP contribution in [0.15, 0.2) is 88.2 Å². The summed E-state index contributed by atoms with van der Waals surface area (Å²) in [7, 11) is -3.56. The third-order valence-corrected chi connectivity index (χ3v) is 15.2. The quantitative estimate of drug-likeness (QED) is 0.0628. The molecule has 1 N–H and O–H groups in total. The number of pyridine rings is 2. The molecule has 0 bridgehead atoms. The predicted molar refractivity (Wildman–Crippen MR) is 296 cm³/mol. The van der Waals surface area contributed by atoms with E-state index in [2.05, 4.69) is 48.3 Å². The van der Waals surface area contributed by atoms with Gasteiger partial charge in [0.1, 0.15) is 33.9 Å². The van der Waals surface area contributed by atoms with Gasteiger partial charge in [0.05, 0.1) is 63.1 Å². The Kier molecular flexibility index (Phi) is 29.8. The minimum Gasteiger partial charge on any atom is -0.381 e. The maximum absolute atomic E-state index is 14.5. The Labute approximate surface area is 483 Å². The van der Waals surface area contributed by atoms with Gasteiger partial charge in [-0.3, -0.25) is 9.97 Å². The van der Waals surface area contributed by atoms with E-state index in [-0.39, 0.29) is 60.9 Å². The number of hydrogen-bond donors (Lipinski definition) is 1. The van der Waals surface area contributed by atoms with Crippen LogP contribution in [-0.4, -0.2) is 56.8 Å². The fourth-order valence-corrected chi connectivity index (χ4v) is 9.22. The predicted octanol–water partition coefficient (Wildman–Crippen LogP) is 13.2. The topological polar surface area (TPSA) is 119 Å². The zero-order valence-corrected chi connectivity index (χ0v) is 48.9. The van der Waals surface area contributed by atoms with Crippen LogP contribution in [0.2, 0.25) is 10.0 Å². The zero-order chi connectivity index (χ0) is 56.5. The number of nitrogens with one attached hydrogen (secondary N) is 1. The summed E-state index contributed by atoms with van der Waals surface area (Å²) in [6, 6.07) is 10.2. The van der Waals surface area contributed by atoms with E-state index >= 15 is 0 Å². The van der Waals surface area contributed by atoms with Crippen LogP contribution in [0.25, 0.3) is 0 Å². The Hall–Kier alpha value is -3.49. The van der Waals surface area contributed by atoms with Crippen molar-refractivity contribution in [2.75, 3.05) is 13.2 Å². The molecule has 0 amide bonds. The fraction of sp³-hybridized carbons (Fsp3) is 0.434. The molecule has 2 aromatic carbocycles. The molecule has 0 unspecified atom stereocenters. The summed E-state index contributed by atoms with van der Waals surface area (Å²) in [4.78, 5) is 16.9. The molecule has 5 heterocycles. The molecule has 0 saturated carbocycles. The third kappa shape index (κ3) is 24.0. The average Bonchev–Trinajstić information content (AvgIpc) is 4.12. The number of thiazole rings is 2. The minimum atomic E-state index is -4.78. The number of unbranched alkanes of at least 4 members (excludes halogenated alkanes) is 1. The molecule has 1 aliphatic heterocycles. The van der Waals surface area contributed by atoms with Gasteiger partial charge in [0.25, 0.3) is 0 Å². The molecule has 420 valence electrons. The van der Waals surface area contributed by atoms with Gasteiger partial charge in [0, 0.05) is 59.7 Å². The first-order chi connectivity index (χ1) is 34.8. The number of alkyl halides is 6. The molecule has 1 aliphatic rings. The van der Waals surface area contributed by atoms with Gasteiger partial charge in [-0.05, 0) is 141 Å². The number of hydrogen-bond acceptors (Lipinski definition) is 9. The van der Waals surface area contributed by atoms with Crippen LogP contribution in [0, 0.1) is 39.3 Å². The van der Waals surface area contributed by atoms with Crippen molar-refractivity contribution >= 4 is 73.6 Å². The Balaban J connectivity index is 0.000000591. The number of ether oxygens (including phenoxy) is 1. The van der Waals surface area contributed by atoms with Crippen molar-refractivity contribution in [2.45, 2.75) is 136 Å². The largest absolute Gasteiger partial charge is 1.00 e. The second kappa shape index (κ2) is 32.1. The number of rotatable bonds is 10. The minimum absolute atomic E-state index is 0. The van der Waals surface area contributed by atoms with Crippen LogP contribution < -0.4 is 23.6 Å². The number of benzene rings is 2. The smallest absolute Gasteiger partial charge is 0.381 e. The fourth-order valence-electron chi connectivity index (χ4n) is 5.99. The molecule has 9 nitrogen and oxygen atoms in total. The van der Waals surface area contributed by atoms with Crippen LogP contribution in [0.1, 0.15) is 137 Å². The Morgan fingerprint density at radius 3 is 1.64 bits per heavy atom. The van der Waals surface area contributed by atoms with Crippen molar-refractivity contribution < 1.29 is 67.1 Å². The summed E-state index contributed by atoms with van der Waals surface area (Å²) in [5.41, 5.74) is -2.07. The van der Waals surface area contributed by atoms with Crippen molar-refractivity contribution in [3.63, 3.8) is 0 Å². The summed E-state index contributed by atoms with van der Waals surface area (Å²) < 4.78 is 144. The van der Waals surface area contributed by atoms with Gasteiger partial charge in [-0.2, -0.15) is 37.2 Å². The SMILES string of the molecule is C.C1CCOC1.CC(C)(C)[S@@](=O)N=C(c1cc(F)cc(C(F)(F)F)c1)c1ccc(Cl)cn1.Cc1csc(C)n1.Cc1csc(C[C@](N[S@@](=O)C(C)(C)C)(c2cc(F)cc(C(F)(F)F)c2)c2ccc(Cl)cn2)n1.[CH2-]CCC.[Li+]. The second-order valence-corrected chi connectivity index (χ2v) is 25.4. The molecule has 0 spiro atoms. The van der Waals surface area contributed by atoms with Crippen molar-refractivity contribution in [3.05, 3.63) is 167 Å². The number of aryl methyl sites for hydroxylation is 3. The number of halogens is 10. The molecule has 1 fully saturated rings. The van der Waals surface area contributed by atoms with Gasteiger partial charge in [0.15, 0.2) is 0 Å². The maximum Gasteiger partial charge on any atom is 1.00 e. The maximum atomic E-state index is 14.5. The molecule has 77 heavy (non-hydrogen) atoms. The zero-order valence-electron chi connectivity index (χ0n) is 44.1. The van der Waals surface area contributed by atoms with Crippen LogP contribution in [0.3, 0.4) is 0 Å². The molecule has 7 rings (SSSR count). The first-order valence-electron chi connectivity index (χ1n) is 23.2. The van der Waals surface area contributed by atoms with Gasteiger partial charge in [0.2, 0.25) is 0 Å². The van der Waals surface area contributed by atoms with Gasteiger partial charge in [-0.1, -0.05) is 44.0 Å². The van der Waals surface area contributed by atoms with Gasteiger partial charge < -0.3 is 11.7 Å². The molecular weight excluding hydrogens is 1130 g/mol. The van der Waals surface area contributed by atoms with Crippen molar-refractivity contribution in [1.29, 1.82) is 0 Å². The first-order valence-corrected chi connectivity index (χ1v) is 27.9. The molecule has 24 heteroatoms. The molecule has 4 aromatic heterocycles. The number of nitrogens with zero attached hydrogens (tertiary/aromatic N) is 5. The van der Waals surface area contributed by atoms with E-state index in [4.69, 9.17) is 27.9 Å². The number of aromatic nitrogens is 4. The molecule has 0 aliphatic carbocycles. The van der Waals surface area contributed by atoms with Gasteiger partial charge in [-0.25, -0.2) is 31.9 Å². The summed E-state index contributed by atoms with van der Waals surface area (Å²) in [5.74, 6) is -2.16. The van der Waals surface area contributed by atoms with Crippen LogP contribution in [-0.2, 0) is 51.0 Å². The monoisotopic (exact) mass is 1190 g/mol. The summed E-state index contributed by atoms with van der Waals surface area (Å²) in [6.07, 6.45) is -2.08. The van der Waals surface area contributed by atoms with Gasteiger partial charge >= 0.3 is 31.2 Å². The summed E-state index contributed by atoms with van der Waals surface area (Å²) >= 11 is 14.8. The molecule has 0 radical (unpaired) electrons. The van der Waals surface area contributed by atoms with E-state index < -0.39 is 72.1 Å². The molecule has 6 aromatic rings. The van der Waals surface area contributed by atoms with Crippen LogP contribution in [0.5, 0.6) is 0 Å². The Morgan fingerprint density at radius 2 is 1.25 bits per heavy atom. The normalized spacial score (nSPS) is 14.2. The van der Waals surface area contributed by atoms with Crippen LogP contribution >= 0.6 is 45.9 Å². The summed E-state index contributed by atoms with van der Waals surface area (Å²) in [5, 5.41) is 6.17. The van der Waals surface area contributed by atoms with E-state index in [0.29, 0.717) is 27.2 Å². The van der Waals surface area contributed by atoms with Crippen molar-refractivity contribution in [1.82, 2.24) is 24.7 Å². The first kappa shape index (κ1) is 71.5. The molecular formula is C53H65Cl2F8LiN6O3S4. The van der Waals surface area contributed by atoms with Gasteiger partial charge in [-0.15, -0.1) is 22.7 Å². The third-order valence-electron chi connectivity index (χ3n) is 9.87. The van der Waals surface area contributed by atoms with Crippen molar-refractivity contribution in [3.8, 4) is 0 Å². The second-order valence-electron chi connectivity index (χ2n) is 18.6. The van der Waals surface area contributed by atoms with Crippen LogP contribution in [0.4, 0.5) is 35.1 Å². The Morgan fingerprint density at radius 1 is 0.740 bits per heavy atom. The van der Waals surface area contributed by atoms with E-state index in [1.54, 1.807) is 65.2 Å². The van der Waals surface area contributed by atoms with E-state index in [0.717, 1.165) is 60.3 Å². The van der Waals surface area contributed by atoms with Crippen molar-refractivity contribution in [2.24, 2.45) is 4.40 Å². The average molecular weight is 1190 g/mol. The van der Waals surface area contributed by atoms with E-state index in [9.17, 15) is 43.5 Å². The molecule has 3 atom stereocenters. The standard InChI is InChI=1S/C22H22ClF4N3OS2.C17H15ClF4N2OS.C5H7NS.C4H8O.C4H9.CH4.Li/c1-13-12-32-19(29-13)10-21(30-33(31)20(2,3)4,18-6-5-16(23)11-28-18)14-7-15(22(25,26)27)9-17(24)8-14;1-16(2,3)26(25)24-15(14-5-4-12(18)9-23-14)10-6-11(17(20,21)22)8-13(19)7-10;1-4-3-7-5(2)6-4;1-2-4-5-3-1;1-3-4-2;;/h5-9,11-12,30H,10H2,1-4H3;4-9H,1-3H3;3H,1-2H3;1-4H2;1,3-4H2,2H3;1H4;/q;;;;-1;;+1/t21-,33-;26-;;;;;/m01...../s1. The van der Waals surface area contributed by atoms with E-state index in [1.165, 1.54) is 67.3 Å². The Bertz CT molecular complexity index is 2790. The molecule has 1 saturated heterocycles. The summed E-state index contributed by atoms with van der Waals surface area (Å²) in [6.45, 7) is 23.7. The van der Waals surface area contributed by atoms with E-state index in [1.807, 2.05) is 13.8 Å².